The minimum Gasteiger partial charge on any atom is -0.472 e. The molecule has 0 radical (unpaired) electrons. The van der Waals surface area contributed by atoms with Crippen LogP contribution in [-0.4, -0.2) is 36.5 Å². The second-order valence-electron chi connectivity index (χ2n) is 5.98. The van der Waals surface area contributed by atoms with Crippen LogP contribution in [0.2, 0.25) is 0 Å². The summed E-state index contributed by atoms with van der Waals surface area (Å²) in [5.74, 6) is 0.494. The number of aromatic nitrogens is 4. The minimum absolute atomic E-state index is 0.0854. The Balaban J connectivity index is 1.64. The van der Waals surface area contributed by atoms with Crippen molar-refractivity contribution in [3.05, 3.63) is 70.8 Å². The van der Waals surface area contributed by atoms with Gasteiger partial charge in [0.1, 0.15) is 12.1 Å². The molecule has 1 amide bonds. The van der Waals surface area contributed by atoms with Gasteiger partial charge >= 0.3 is 0 Å². The number of rotatable bonds is 3. The molecule has 3 aromatic rings. The van der Waals surface area contributed by atoms with Gasteiger partial charge in [0.15, 0.2) is 0 Å². The maximum Gasteiger partial charge on any atom is 0.257 e. The summed E-state index contributed by atoms with van der Waals surface area (Å²) in [6, 6.07) is 3.19. The summed E-state index contributed by atoms with van der Waals surface area (Å²) in [6.07, 6.45) is 8.80. The predicted octanol–water partition coefficient (Wildman–Crippen LogP) is 1.13. The molecule has 0 atom stereocenters. The highest BCUT2D eigenvalue weighted by Crippen LogP contribution is 2.14. The molecule has 1 aliphatic heterocycles. The fourth-order valence-corrected chi connectivity index (χ4v) is 3.03. The number of carbonyl (C=O) groups is 1. The van der Waals surface area contributed by atoms with Crippen molar-refractivity contribution in [3.63, 3.8) is 0 Å². The van der Waals surface area contributed by atoms with Gasteiger partial charge in [0.2, 0.25) is 0 Å². The van der Waals surface area contributed by atoms with Gasteiger partial charge < -0.3 is 13.9 Å². The van der Waals surface area contributed by atoms with Crippen molar-refractivity contribution in [2.45, 2.75) is 26.1 Å². The molecule has 3 aromatic heterocycles. The second-order valence-corrected chi connectivity index (χ2v) is 5.98. The van der Waals surface area contributed by atoms with Crippen LogP contribution < -0.4 is 5.56 Å². The highest BCUT2D eigenvalue weighted by Gasteiger charge is 2.22. The molecule has 8 heteroatoms. The van der Waals surface area contributed by atoms with Crippen molar-refractivity contribution < 1.29 is 9.21 Å². The SMILES string of the molecule is O=C(c1ccoc1)N1CCCn2c(nc(Cn3ccnc3)cc2=O)C1. The van der Waals surface area contributed by atoms with Crippen LogP contribution in [0.15, 0.2) is 52.6 Å². The number of hydrogen-bond donors (Lipinski definition) is 0. The van der Waals surface area contributed by atoms with E-state index < -0.39 is 0 Å². The Hall–Kier alpha value is -3.16. The Bertz CT molecular complexity index is 928. The quantitative estimate of drug-likeness (QED) is 0.714. The number of nitrogens with zero attached hydrogens (tertiary/aromatic N) is 5. The first-order valence-corrected chi connectivity index (χ1v) is 8.07. The topological polar surface area (TPSA) is 86.2 Å². The average Bonchev–Trinajstić information content (AvgIpc) is 3.25. The lowest BCUT2D eigenvalue weighted by atomic mass is 10.2. The summed E-state index contributed by atoms with van der Waals surface area (Å²) in [5.41, 5.74) is 1.08. The molecule has 0 N–H and O–H groups in total. The van der Waals surface area contributed by atoms with Crippen molar-refractivity contribution >= 4 is 5.91 Å². The molecule has 0 spiro atoms. The smallest absolute Gasteiger partial charge is 0.257 e. The van der Waals surface area contributed by atoms with Crippen molar-refractivity contribution in [3.8, 4) is 0 Å². The van der Waals surface area contributed by atoms with E-state index in [0.717, 1.165) is 0 Å². The summed E-state index contributed by atoms with van der Waals surface area (Å²) in [6.45, 7) is 1.90. The zero-order valence-corrected chi connectivity index (χ0v) is 13.5. The lowest BCUT2D eigenvalue weighted by Crippen LogP contribution is -2.32. The molecule has 0 saturated heterocycles. The third-order valence-corrected chi connectivity index (χ3v) is 4.24. The van der Waals surface area contributed by atoms with Gasteiger partial charge in [0.05, 0.1) is 36.9 Å². The highest BCUT2D eigenvalue weighted by atomic mass is 16.3. The maximum absolute atomic E-state index is 12.6. The van der Waals surface area contributed by atoms with Crippen LogP contribution in [0, 0.1) is 0 Å². The first-order valence-electron chi connectivity index (χ1n) is 8.07. The summed E-state index contributed by atoms with van der Waals surface area (Å²) in [5, 5.41) is 0. The van der Waals surface area contributed by atoms with Gasteiger partial charge in [0.25, 0.3) is 11.5 Å². The molecule has 25 heavy (non-hydrogen) atoms. The normalized spacial score (nSPS) is 14.2. The first-order chi connectivity index (χ1) is 12.2. The maximum atomic E-state index is 12.6. The Morgan fingerprint density at radius 2 is 2.24 bits per heavy atom. The number of furan rings is 1. The second kappa shape index (κ2) is 6.39. The van der Waals surface area contributed by atoms with Crippen LogP contribution in [0.5, 0.6) is 0 Å². The number of imidazole rings is 1. The predicted molar refractivity (Wildman–Crippen MR) is 87.9 cm³/mol. The number of amides is 1. The monoisotopic (exact) mass is 339 g/mol. The molecule has 4 rings (SSSR count). The molecular formula is C17H17N5O3. The molecule has 1 aliphatic rings. The molecule has 0 bridgehead atoms. The van der Waals surface area contributed by atoms with E-state index >= 15 is 0 Å². The van der Waals surface area contributed by atoms with E-state index in [1.807, 2.05) is 10.8 Å². The van der Waals surface area contributed by atoms with Crippen LogP contribution in [-0.2, 0) is 19.6 Å². The summed E-state index contributed by atoms with van der Waals surface area (Å²) in [4.78, 5) is 35.4. The van der Waals surface area contributed by atoms with Crippen molar-refractivity contribution in [1.82, 2.24) is 24.0 Å². The van der Waals surface area contributed by atoms with Crippen LogP contribution >= 0.6 is 0 Å². The molecule has 0 aliphatic carbocycles. The number of hydrogen-bond acceptors (Lipinski definition) is 5. The fraction of sp³-hybridized carbons (Fsp3) is 0.294. The lowest BCUT2D eigenvalue weighted by molar-refractivity contribution is 0.0743. The van der Waals surface area contributed by atoms with Gasteiger partial charge in [0, 0.05) is 31.5 Å². The van der Waals surface area contributed by atoms with Gasteiger partial charge in [-0.15, -0.1) is 0 Å². The van der Waals surface area contributed by atoms with Gasteiger partial charge in [-0.05, 0) is 12.5 Å². The van der Waals surface area contributed by atoms with Gasteiger partial charge in [-0.1, -0.05) is 0 Å². The first kappa shape index (κ1) is 15.4. The van der Waals surface area contributed by atoms with Crippen molar-refractivity contribution in [1.29, 1.82) is 0 Å². The number of fused-ring (bicyclic) bond motifs is 1. The summed E-state index contributed by atoms with van der Waals surface area (Å²) in [7, 11) is 0. The molecule has 0 unspecified atom stereocenters. The van der Waals surface area contributed by atoms with E-state index in [1.54, 1.807) is 34.1 Å². The van der Waals surface area contributed by atoms with E-state index in [0.29, 0.717) is 49.7 Å². The minimum atomic E-state index is -0.114. The van der Waals surface area contributed by atoms with E-state index in [9.17, 15) is 9.59 Å². The standard InChI is InChI=1S/C17H17N5O3/c23-16-8-14(9-20-6-3-18-12-20)19-15-10-21(4-1-5-22(15)16)17(24)13-2-7-25-11-13/h2-3,6-8,11-12H,1,4-5,9-10H2. The van der Waals surface area contributed by atoms with Gasteiger partial charge in [-0.2, -0.15) is 0 Å². The Labute approximate surface area is 143 Å². The largest absolute Gasteiger partial charge is 0.472 e. The van der Waals surface area contributed by atoms with Crippen molar-refractivity contribution in [2.75, 3.05) is 6.54 Å². The molecular weight excluding hydrogens is 322 g/mol. The van der Waals surface area contributed by atoms with Crippen molar-refractivity contribution in [2.24, 2.45) is 0 Å². The molecule has 0 aromatic carbocycles. The fourth-order valence-electron chi connectivity index (χ4n) is 3.03. The summed E-state index contributed by atoms with van der Waals surface area (Å²) >= 11 is 0. The molecule has 0 saturated carbocycles. The highest BCUT2D eigenvalue weighted by molar-refractivity contribution is 5.93. The molecule has 128 valence electrons. The molecule has 8 nitrogen and oxygen atoms in total. The Morgan fingerprint density at radius 3 is 3.00 bits per heavy atom. The molecule has 4 heterocycles. The average molecular weight is 339 g/mol. The van der Waals surface area contributed by atoms with Crippen LogP contribution in [0.25, 0.3) is 0 Å². The van der Waals surface area contributed by atoms with E-state index in [-0.39, 0.29) is 11.5 Å². The third-order valence-electron chi connectivity index (χ3n) is 4.24. The van der Waals surface area contributed by atoms with E-state index in [2.05, 4.69) is 9.97 Å². The molecule has 0 fully saturated rings. The zero-order chi connectivity index (χ0) is 17.2. The lowest BCUT2D eigenvalue weighted by Gasteiger charge is -2.19. The number of carbonyl (C=O) groups excluding carboxylic acids is 1. The van der Waals surface area contributed by atoms with Crippen LogP contribution in [0.4, 0.5) is 0 Å². The van der Waals surface area contributed by atoms with Gasteiger partial charge in [-0.25, -0.2) is 9.97 Å². The van der Waals surface area contributed by atoms with E-state index in [4.69, 9.17) is 4.42 Å². The zero-order valence-electron chi connectivity index (χ0n) is 13.5. The van der Waals surface area contributed by atoms with Crippen LogP contribution in [0.3, 0.4) is 0 Å². The Morgan fingerprint density at radius 1 is 1.32 bits per heavy atom. The van der Waals surface area contributed by atoms with E-state index in [1.165, 1.54) is 12.5 Å². The Kier molecular flexibility index (Phi) is 3.93. The van der Waals surface area contributed by atoms with Gasteiger partial charge in [-0.3, -0.25) is 14.2 Å². The summed E-state index contributed by atoms with van der Waals surface area (Å²) < 4.78 is 8.50. The van der Waals surface area contributed by atoms with Crippen LogP contribution in [0.1, 0.15) is 28.3 Å². The third kappa shape index (κ3) is 3.10.